The Hall–Kier alpha value is -1.56. The van der Waals surface area contributed by atoms with Crippen LogP contribution in [0.1, 0.15) is 44.4 Å². The fraction of sp³-hybridized carbons (Fsp3) is 0.538. The van der Waals surface area contributed by atoms with Crippen molar-refractivity contribution in [3.63, 3.8) is 0 Å². The fourth-order valence-electron chi connectivity index (χ4n) is 1.56. The minimum absolute atomic E-state index is 0.671. The number of hydrogen-bond acceptors (Lipinski definition) is 2. The van der Waals surface area contributed by atoms with Gasteiger partial charge in [0, 0.05) is 6.20 Å². The first-order chi connectivity index (χ1) is 7.60. The van der Waals surface area contributed by atoms with E-state index in [0.29, 0.717) is 5.70 Å². The number of aromatic nitrogens is 2. The molecule has 16 heavy (non-hydrogen) atoms. The second-order valence-corrected chi connectivity index (χ2v) is 4.19. The molecule has 1 aromatic rings. The van der Waals surface area contributed by atoms with Crippen molar-refractivity contribution in [2.24, 2.45) is 0 Å². The van der Waals surface area contributed by atoms with E-state index in [0.717, 1.165) is 36.1 Å². The Morgan fingerprint density at radius 1 is 1.50 bits per heavy atom. The van der Waals surface area contributed by atoms with Gasteiger partial charge in [0.05, 0.1) is 5.69 Å². The highest BCUT2D eigenvalue weighted by Gasteiger charge is 2.07. The molecule has 0 saturated carbocycles. The van der Waals surface area contributed by atoms with Crippen molar-refractivity contribution in [3.8, 4) is 6.07 Å². The van der Waals surface area contributed by atoms with E-state index in [1.54, 1.807) is 4.68 Å². The third kappa shape index (κ3) is 2.73. The summed E-state index contributed by atoms with van der Waals surface area (Å²) < 4.78 is 1.70. The molecule has 0 fully saturated rings. The summed E-state index contributed by atoms with van der Waals surface area (Å²) in [6.45, 7) is 8.14. The van der Waals surface area contributed by atoms with Crippen molar-refractivity contribution >= 4 is 5.70 Å². The highest BCUT2D eigenvalue weighted by atomic mass is 15.3. The molecule has 0 unspecified atom stereocenters. The summed E-state index contributed by atoms with van der Waals surface area (Å²) in [4.78, 5) is 0. The summed E-state index contributed by atoms with van der Waals surface area (Å²) in [5.41, 5.74) is 3.89. The molecule has 0 radical (unpaired) electrons. The van der Waals surface area contributed by atoms with E-state index in [2.05, 4.69) is 18.1 Å². The number of nitriles is 1. The average molecular weight is 217 g/mol. The van der Waals surface area contributed by atoms with Gasteiger partial charge in [-0.2, -0.15) is 10.4 Å². The molecule has 0 bridgehead atoms. The lowest BCUT2D eigenvalue weighted by atomic mass is 10.1. The maximum absolute atomic E-state index is 9.18. The number of unbranched alkanes of at least 4 members (excludes halogenated alkanes) is 1. The van der Waals surface area contributed by atoms with Gasteiger partial charge in [-0.1, -0.05) is 13.3 Å². The predicted molar refractivity (Wildman–Crippen MR) is 65.7 cm³/mol. The quantitative estimate of drug-likeness (QED) is 0.725. The van der Waals surface area contributed by atoms with Crippen molar-refractivity contribution in [3.05, 3.63) is 23.0 Å². The highest BCUT2D eigenvalue weighted by molar-refractivity contribution is 5.63. The molecule has 0 amide bonds. The SMILES string of the molecule is CCCCC(C)=C(C#N)n1cc(C)c(C)n1. The molecule has 0 atom stereocenters. The second kappa shape index (κ2) is 5.50. The Morgan fingerprint density at radius 3 is 2.62 bits per heavy atom. The van der Waals surface area contributed by atoms with Gasteiger partial charge in [-0.25, -0.2) is 4.68 Å². The molecule has 0 aromatic carbocycles. The smallest absolute Gasteiger partial charge is 0.140 e. The van der Waals surface area contributed by atoms with Crippen molar-refractivity contribution in [2.45, 2.75) is 47.0 Å². The minimum Gasteiger partial charge on any atom is -0.230 e. The van der Waals surface area contributed by atoms with Gasteiger partial charge < -0.3 is 0 Å². The summed E-state index contributed by atoms with van der Waals surface area (Å²) in [6, 6.07) is 2.25. The van der Waals surface area contributed by atoms with Gasteiger partial charge in [-0.3, -0.25) is 0 Å². The van der Waals surface area contributed by atoms with Gasteiger partial charge in [0.1, 0.15) is 11.8 Å². The van der Waals surface area contributed by atoms with Crippen LogP contribution in [0.2, 0.25) is 0 Å². The standard InChI is InChI=1S/C13H19N3/c1-5-6-7-10(2)13(8-14)16-9-11(3)12(4)15-16/h9H,5-7H2,1-4H3. The van der Waals surface area contributed by atoms with Crippen LogP contribution in [-0.4, -0.2) is 9.78 Å². The molecular formula is C13H19N3. The third-order valence-corrected chi connectivity index (χ3v) is 2.79. The molecule has 0 N–H and O–H groups in total. The molecule has 1 aromatic heterocycles. The van der Waals surface area contributed by atoms with Crippen LogP contribution in [0.25, 0.3) is 5.70 Å². The van der Waals surface area contributed by atoms with Gasteiger partial charge in [0.15, 0.2) is 0 Å². The summed E-state index contributed by atoms with van der Waals surface area (Å²) in [6.07, 6.45) is 5.16. The summed E-state index contributed by atoms with van der Waals surface area (Å²) in [7, 11) is 0. The van der Waals surface area contributed by atoms with Gasteiger partial charge in [-0.05, 0) is 44.7 Å². The topological polar surface area (TPSA) is 41.6 Å². The van der Waals surface area contributed by atoms with Crippen LogP contribution in [0.4, 0.5) is 0 Å². The number of rotatable bonds is 4. The second-order valence-electron chi connectivity index (χ2n) is 4.19. The first-order valence-corrected chi connectivity index (χ1v) is 5.73. The Bertz CT molecular complexity index is 413. The molecule has 0 aliphatic rings. The summed E-state index contributed by atoms with van der Waals surface area (Å²) >= 11 is 0. The van der Waals surface area contributed by atoms with Gasteiger partial charge >= 0.3 is 0 Å². The number of aryl methyl sites for hydroxylation is 2. The van der Waals surface area contributed by atoms with Crippen LogP contribution in [0.5, 0.6) is 0 Å². The number of hydrogen-bond donors (Lipinski definition) is 0. The number of allylic oxidation sites excluding steroid dienone is 2. The molecule has 0 aliphatic carbocycles. The average Bonchev–Trinajstić information content (AvgIpc) is 2.57. The van der Waals surface area contributed by atoms with E-state index < -0.39 is 0 Å². The molecule has 0 aliphatic heterocycles. The van der Waals surface area contributed by atoms with E-state index in [4.69, 9.17) is 0 Å². The van der Waals surface area contributed by atoms with E-state index >= 15 is 0 Å². The fourth-order valence-corrected chi connectivity index (χ4v) is 1.56. The van der Waals surface area contributed by atoms with Crippen LogP contribution in [0.15, 0.2) is 11.8 Å². The van der Waals surface area contributed by atoms with Crippen molar-refractivity contribution in [1.82, 2.24) is 9.78 Å². The Morgan fingerprint density at radius 2 is 2.19 bits per heavy atom. The van der Waals surface area contributed by atoms with Gasteiger partial charge in [-0.15, -0.1) is 0 Å². The van der Waals surface area contributed by atoms with Gasteiger partial charge in [0.2, 0.25) is 0 Å². The first-order valence-electron chi connectivity index (χ1n) is 5.73. The van der Waals surface area contributed by atoms with E-state index in [1.807, 2.05) is 27.0 Å². The van der Waals surface area contributed by atoms with E-state index in [1.165, 1.54) is 0 Å². The van der Waals surface area contributed by atoms with Crippen molar-refractivity contribution < 1.29 is 0 Å². The van der Waals surface area contributed by atoms with Crippen molar-refractivity contribution in [1.29, 1.82) is 5.26 Å². The van der Waals surface area contributed by atoms with E-state index in [9.17, 15) is 5.26 Å². The lowest BCUT2D eigenvalue weighted by Crippen LogP contribution is -1.99. The largest absolute Gasteiger partial charge is 0.230 e. The van der Waals surface area contributed by atoms with Crippen LogP contribution < -0.4 is 0 Å². The molecule has 1 heterocycles. The molecule has 3 heteroatoms. The summed E-state index contributed by atoms with van der Waals surface area (Å²) in [5.74, 6) is 0. The molecule has 0 saturated heterocycles. The monoisotopic (exact) mass is 217 g/mol. The maximum Gasteiger partial charge on any atom is 0.140 e. The highest BCUT2D eigenvalue weighted by Crippen LogP contribution is 2.17. The lowest BCUT2D eigenvalue weighted by Gasteiger charge is -2.04. The summed E-state index contributed by atoms with van der Waals surface area (Å²) in [5, 5.41) is 13.5. The van der Waals surface area contributed by atoms with Crippen LogP contribution >= 0.6 is 0 Å². The third-order valence-electron chi connectivity index (χ3n) is 2.79. The van der Waals surface area contributed by atoms with Crippen LogP contribution in [0, 0.1) is 25.2 Å². The zero-order valence-corrected chi connectivity index (χ0v) is 10.5. The molecular weight excluding hydrogens is 198 g/mol. The molecule has 0 spiro atoms. The van der Waals surface area contributed by atoms with Crippen molar-refractivity contribution in [2.75, 3.05) is 0 Å². The normalized spacial score (nSPS) is 12.2. The molecule has 86 valence electrons. The lowest BCUT2D eigenvalue weighted by molar-refractivity contribution is 0.778. The Kier molecular flexibility index (Phi) is 4.30. The molecule has 3 nitrogen and oxygen atoms in total. The minimum atomic E-state index is 0.671. The number of nitrogens with zero attached hydrogens (tertiary/aromatic N) is 3. The van der Waals surface area contributed by atoms with E-state index in [-0.39, 0.29) is 0 Å². The molecule has 1 rings (SSSR count). The Labute approximate surface area is 97.4 Å². The van der Waals surface area contributed by atoms with Gasteiger partial charge in [0.25, 0.3) is 0 Å². The zero-order valence-electron chi connectivity index (χ0n) is 10.5. The Balaban J connectivity index is 3.02. The first kappa shape index (κ1) is 12.5. The van der Waals surface area contributed by atoms with Crippen LogP contribution in [-0.2, 0) is 0 Å². The van der Waals surface area contributed by atoms with Crippen LogP contribution in [0.3, 0.4) is 0 Å². The zero-order chi connectivity index (χ0) is 12.1. The predicted octanol–water partition coefficient (Wildman–Crippen LogP) is 3.44. The maximum atomic E-state index is 9.18.